The first kappa shape index (κ1) is 11.1. The van der Waals surface area contributed by atoms with E-state index in [-0.39, 0.29) is 11.9 Å². The maximum Gasteiger partial charge on any atom is 0.259 e. The quantitative estimate of drug-likeness (QED) is 0.762. The highest BCUT2D eigenvalue weighted by Crippen LogP contribution is 2.17. The molecule has 0 bridgehead atoms. The van der Waals surface area contributed by atoms with Crippen molar-refractivity contribution < 1.29 is 9.32 Å². The van der Waals surface area contributed by atoms with Crippen LogP contribution in [0.3, 0.4) is 0 Å². The van der Waals surface area contributed by atoms with E-state index in [1.807, 2.05) is 11.8 Å². The minimum Gasteiger partial charge on any atom is -0.361 e. The van der Waals surface area contributed by atoms with Crippen molar-refractivity contribution in [1.82, 2.24) is 15.4 Å². The summed E-state index contributed by atoms with van der Waals surface area (Å²) in [6.07, 6.45) is 0. The Morgan fingerprint density at radius 3 is 2.88 bits per heavy atom. The van der Waals surface area contributed by atoms with E-state index in [1.165, 1.54) is 0 Å². The third-order valence-corrected chi connectivity index (χ3v) is 3.01. The highest BCUT2D eigenvalue weighted by molar-refractivity contribution is 5.96. The lowest BCUT2D eigenvalue weighted by Gasteiger charge is -2.33. The highest BCUT2D eigenvalue weighted by Gasteiger charge is 2.28. The van der Waals surface area contributed by atoms with Crippen molar-refractivity contribution in [2.75, 3.05) is 19.6 Å². The number of carbonyl (C=O) groups is 1. The van der Waals surface area contributed by atoms with Crippen LogP contribution in [0.15, 0.2) is 4.52 Å². The van der Waals surface area contributed by atoms with Crippen LogP contribution < -0.4 is 5.32 Å². The van der Waals surface area contributed by atoms with Crippen molar-refractivity contribution >= 4 is 5.91 Å². The summed E-state index contributed by atoms with van der Waals surface area (Å²) in [4.78, 5) is 14.2. The molecule has 16 heavy (non-hydrogen) atoms. The van der Waals surface area contributed by atoms with Gasteiger partial charge in [-0.05, 0) is 20.8 Å². The van der Waals surface area contributed by atoms with Gasteiger partial charge in [-0.2, -0.15) is 0 Å². The zero-order chi connectivity index (χ0) is 11.7. The Hall–Kier alpha value is -1.36. The SMILES string of the molecule is Cc1noc(C)c1C(=O)N1CCNCC1C. The van der Waals surface area contributed by atoms with Gasteiger partial charge in [-0.1, -0.05) is 5.16 Å². The fourth-order valence-electron chi connectivity index (χ4n) is 2.07. The van der Waals surface area contributed by atoms with Gasteiger partial charge in [0.05, 0.1) is 5.69 Å². The van der Waals surface area contributed by atoms with E-state index in [9.17, 15) is 4.79 Å². The number of nitrogens with one attached hydrogen (secondary N) is 1. The topological polar surface area (TPSA) is 58.4 Å². The normalized spacial score (nSPS) is 21.2. The molecule has 88 valence electrons. The van der Waals surface area contributed by atoms with Crippen molar-refractivity contribution in [2.24, 2.45) is 0 Å². The molecule has 1 aromatic heterocycles. The summed E-state index contributed by atoms with van der Waals surface area (Å²) in [6.45, 7) is 8.05. The van der Waals surface area contributed by atoms with Crippen LogP contribution in [0.4, 0.5) is 0 Å². The Labute approximate surface area is 94.8 Å². The van der Waals surface area contributed by atoms with Crippen LogP contribution >= 0.6 is 0 Å². The first-order valence-electron chi connectivity index (χ1n) is 5.56. The molecule has 0 aromatic carbocycles. The van der Waals surface area contributed by atoms with Gasteiger partial charge in [0.25, 0.3) is 5.91 Å². The third-order valence-electron chi connectivity index (χ3n) is 3.01. The van der Waals surface area contributed by atoms with E-state index in [0.29, 0.717) is 17.0 Å². The van der Waals surface area contributed by atoms with Gasteiger partial charge in [0, 0.05) is 25.7 Å². The second-order valence-corrected chi connectivity index (χ2v) is 4.25. The number of hydrogen-bond acceptors (Lipinski definition) is 4. The molecule has 1 fully saturated rings. The monoisotopic (exact) mass is 223 g/mol. The molecule has 2 rings (SSSR count). The summed E-state index contributed by atoms with van der Waals surface area (Å²) >= 11 is 0. The molecule has 0 spiro atoms. The molecular formula is C11H17N3O2. The first-order chi connectivity index (χ1) is 7.61. The zero-order valence-corrected chi connectivity index (χ0v) is 9.91. The van der Waals surface area contributed by atoms with E-state index in [2.05, 4.69) is 10.5 Å². The van der Waals surface area contributed by atoms with Crippen LogP contribution in [0.5, 0.6) is 0 Å². The number of hydrogen-bond donors (Lipinski definition) is 1. The van der Waals surface area contributed by atoms with E-state index < -0.39 is 0 Å². The first-order valence-corrected chi connectivity index (χ1v) is 5.56. The summed E-state index contributed by atoms with van der Waals surface area (Å²) in [5, 5.41) is 7.08. The summed E-state index contributed by atoms with van der Waals surface area (Å²) < 4.78 is 5.03. The number of aromatic nitrogens is 1. The molecule has 1 aliphatic rings. The number of piperazine rings is 1. The number of nitrogens with zero attached hydrogens (tertiary/aromatic N) is 2. The fourth-order valence-corrected chi connectivity index (χ4v) is 2.07. The molecule has 1 N–H and O–H groups in total. The van der Waals surface area contributed by atoms with E-state index >= 15 is 0 Å². The molecule has 1 atom stereocenters. The third kappa shape index (κ3) is 1.82. The second-order valence-electron chi connectivity index (χ2n) is 4.25. The van der Waals surface area contributed by atoms with Gasteiger partial charge in [-0.15, -0.1) is 0 Å². The van der Waals surface area contributed by atoms with Crippen LogP contribution in [0.2, 0.25) is 0 Å². The maximum atomic E-state index is 12.3. The summed E-state index contributed by atoms with van der Waals surface area (Å²) in [5.74, 6) is 0.637. The summed E-state index contributed by atoms with van der Waals surface area (Å²) in [6, 6.07) is 0.218. The molecule has 0 saturated carbocycles. The molecule has 1 amide bonds. The maximum absolute atomic E-state index is 12.3. The van der Waals surface area contributed by atoms with Crippen LogP contribution in [0, 0.1) is 13.8 Å². The standard InChI is InChI=1S/C11H17N3O2/c1-7-6-12-4-5-14(7)11(15)10-8(2)13-16-9(10)3/h7,12H,4-6H2,1-3H3. The average molecular weight is 223 g/mol. The van der Waals surface area contributed by atoms with Gasteiger partial charge in [-0.25, -0.2) is 0 Å². The van der Waals surface area contributed by atoms with Crippen LogP contribution in [-0.2, 0) is 0 Å². The minimum atomic E-state index is 0.0326. The van der Waals surface area contributed by atoms with Crippen LogP contribution in [0.25, 0.3) is 0 Å². The van der Waals surface area contributed by atoms with E-state index in [0.717, 1.165) is 19.6 Å². The Morgan fingerprint density at radius 1 is 1.56 bits per heavy atom. The van der Waals surface area contributed by atoms with Crippen LogP contribution in [0.1, 0.15) is 28.7 Å². The highest BCUT2D eigenvalue weighted by atomic mass is 16.5. The predicted molar refractivity (Wildman–Crippen MR) is 59.3 cm³/mol. The Morgan fingerprint density at radius 2 is 2.31 bits per heavy atom. The predicted octanol–water partition coefficient (Wildman–Crippen LogP) is 0.725. The number of rotatable bonds is 1. The molecular weight excluding hydrogens is 206 g/mol. The minimum absolute atomic E-state index is 0.0326. The smallest absolute Gasteiger partial charge is 0.259 e. The molecule has 1 aromatic rings. The lowest BCUT2D eigenvalue weighted by Crippen LogP contribution is -2.52. The van der Waals surface area contributed by atoms with E-state index in [4.69, 9.17) is 4.52 Å². The van der Waals surface area contributed by atoms with Gasteiger partial charge in [0.2, 0.25) is 0 Å². The van der Waals surface area contributed by atoms with Crippen molar-refractivity contribution in [2.45, 2.75) is 26.8 Å². The molecule has 5 nitrogen and oxygen atoms in total. The number of carbonyl (C=O) groups excluding carboxylic acids is 1. The molecule has 1 saturated heterocycles. The molecule has 5 heteroatoms. The lowest BCUT2D eigenvalue weighted by atomic mass is 10.1. The van der Waals surface area contributed by atoms with Crippen molar-refractivity contribution in [3.05, 3.63) is 17.0 Å². The average Bonchev–Trinajstić information content (AvgIpc) is 2.58. The summed E-state index contributed by atoms with van der Waals surface area (Å²) in [5.41, 5.74) is 1.29. The van der Waals surface area contributed by atoms with E-state index in [1.54, 1.807) is 13.8 Å². The largest absolute Gasteiger partial charge is 0.361 e. The molecule has 0 radical (unpaired) electrons. The summed E-state index contributed by atoms with van der Waals surface area (Å²) in [7, 11) is 0. The number of amides is 1. The zero-order valence-electron chi connectivity index (χ0n) is 9.91. The van der Waals surface area contributed by atoms with Gasteiger partial charge < -0.3 is 14.7 Å². The number of aryl methyl sites for hydroxylation is 2. The Balaban J connectivity index is 2.24. The lowest BCUT2D eigenvalue weighted by molar-refractivity contribution is 0.0653. The Bertz CT molecular complexity index is 380. The van der Waals surface area contributed by atoms with Gasteiger partial charge >= 0.3 is 0 Å². The van der Waals surface area contributed by atoms with Crippen molar-refractivity contribution in [1.29, 1.82) is 0 Å². The van der Waals surface area contributed by atoms with Crippen molar-refractivity contribution in [3.8, 4) is 0 Å². The van der Waals surface area contributed by atoms with Crippen LogP contribution in [-0.4, -0.2) is 41.6 Å². The second kappa shape index (κ2) is 4.25. The molecule has 0 aliphatic carbocycles. The van der Waals surface area contributed by atoms with Crippen molar-refractivity contribution in [3.63, 3.8) is 0 Å². The van der Waals surface area contributed by atoms with Gasteiger partial charge in [-0.3, -0.25) is 4.79 Å². The molecule has 2 heterocycles. The fraction of sp³-hybridized carbons (Fsp3) is 0.636. The molecule has 1 unspecified atom stereocenters. The molecule has 1 aliphatic heterocycles. The van der Waals surface area contributed by atoms with Gasteiger partial charge in [0.15, 0.2) is 0 Å². The Kier molecular flexibility index (Phi) is 2.96. The van der Waals surface area contributed by atoms with Gasteiger partial charge in [0.1, 0.15) is 11.3 Å².